The Bertz CT molecular complexity index is 959. The third-order valence-electron chi connectivity index (χ3n) is 4.21. The highest BCUT2D eigenvalue weighted by Crippen LogP contribution is 2.26. The van der Waals surface area contributed by atoms with Gasteiger partial charge in [0.25, 0.3) is 10.0 Å². The zero-order chi connectivity index (χ0) is 22.1. The molecule has 3 N–H and O–H groups in total. The SMILES string of the molecule is CCCOc1ccc(CC(=O)NC(CC)c2ccco2)cc1S(=O)(=O)NC(=S)NC. The molecule has 0 aliphatic heterocycles. The van der Waals surface area contributed by atoms with Crippen molar-refractivity contribution in [2.24, 2.45) is 0 Å². The van der Waals surface area contributed by atoms with Crippen molar-refractivity contribution in [2.45, 2.75) is 44.0 Å². The van der Waals surface area contributed by atoms with Gasteiger partial charge in [-0.2, -0.15) is 0 Å². The Balaban J connectivity index is 2.24. The van der Waals surface area contributed by atoms with Gasteiger partial charge in [-0.25, -0.2) is 8.42 Å². The highest BCUT2D eigenvalue weighted by molar-refractivity contribution is 7.92. The van der Waals surface area contributed by atoms with Crippen LogP contribution in [0.5, 0.6) is 5.75 Å². The zero-order valence-corrected chi connectivity index (χ0v) is 18.9. The number of amides is 1. The van der Waals surface area contributed by atoms with E-state index in [4.69, 9.17) is 21.4 Å². The number of hydrogen-bond donors (Lipinski definition) is 3. The Morgan fingerprint density at radius 2 is 2.03 bits per heavy atom. The minimum absolute atomic E-state index is 0.00423. The third kappa shape index (κ3) is 6.46. The first-order chi connectivity index (χ1) is 14.3. The van der Waals surface area contributed by atoms with Gasteiger partial charge in [0.1, 0.15) is 16.4 Å². The lowest BCUT2D eigenvalue weighted by Gasteiger charge is -2.16. The summed E-state index contributed by atoms with van der Waals surface area (Å²) < 4.78 is 38.8. The van der Waals surface area contributed by atoms with Crippen LogP contribution >= 0.6 is 12.2 Å². The molecular weight excluding hydrogens is 426 g/mol. The van der Waals surface area contributed by atoms with Crippen LogP contribution in [-0.2, 0) is 21.2 Å². The highest BCUT2D eigenvalue weighted by atomic mass is 32.2. The lowest BCUT2D eigenvalue weighted by atomic mass is 10.1. The number of carbonyl (C=O) groups excluding carboxylic acids is 1. The molecule has 1 aromatic heterocycles. The quantitative estimate of drug-likeness (QED) is 0.475. The molecule has 8 nitrogen and oxygen atoms in total. The van der Waals surface area contributed by atoms with E-state index < -0.39 is 10.0 Å². The normalized spacial score (nSPS) is 12.1. The number of sulfonamides is 1. The van der Waals surface area contributed by atoms with Crippen molar-refractivity contribution in [3.05, 3.63) is 47.9 Å². The molecule has 1 heterocycles. The molecule has 0 aliphatic rings. The number of ether oxygens (including phenoxy) is 1. The Kier molecular flexibility index (Phi) is 8.67. The zero-order valence-electron chi connectivity index (χ0n) is 17.2. The van der Waals surface area contributed by atoms with Crippen molar-refractivity contribution in [2.75, 3.05) is 13.7 Å². The molecule has 0 radical (unpaired) electrons. The maximum absolute atomic E-state index is 12.8. The van der Waals surface area contributed by atoms with E-state index in [0.717, 1.165) is 6.42 Å². The monoisotopic (exact) mass is 453 g/mol. The molecule has 164 valence electrons. The predicted octanol–water partition coefficient (Wildman–Crippen LogP) is 2.66. The van der Waals surface area contributed by atoms with Gasteiger partial charge in [-0.3, -0.25) is 9.52 Å². The summed E-state index contributed by atoms with van der Waals surface area (Å²) in [4.78, 5) is 12.5. The van der Waals surface area contributed by atoms with Crippen molar-refractivity contribution in [1.29, 1.82) is 0 Å². The van der Waals surface area contributed by atoms with Gasteiger partial charge in [-0.15, -0.1) is 0 Å². The van der Waals surface area contributed by atoms with Crippen molar-refractivity contribution < 1.29 is 22.4 Å². The largest absolute Gasteiger partial charge is 0.492 e. The molecule has 0 fully saturated rings. The Morgan fingerprint density at radius 3 is 2.63 bits per heavy atom. The molecule has 1 aromatic carbocycles. The fourth-order valence-electron chi connectivity index (χ4n) is 2.73. The molecular formula is C20H27N3O5S2. The summed E-state index contributed by atoms with van der Waals surface area (Å²) in [5.74, 6) is 0.624. The van der Waals surface area contributed by atoms with E-state index in [1.807, 2.05) is 13.8 Å². The second kappa shape index (κ2) is 11.0. The van der Waals surface area contributed by atoms with Gasteiger partial charge in [0, 0.05) is 7.05 Å². The molecule has 0 saturated carbocycles. The summed E-state index contributed by atoms with van der Waals surface area (Å²) in [6.45, 7) is 4.22. The summed E-state index contributed by atoms with van der Waals surface area (Å²) >= 11 is 4.92. The van der Waals surface area contributed by atoms with E-state index in [1.165, 1.54) is 13.1 Å². The van der Waals surface area contributed by atoms with Crippen LogP contribution in [0.25, 0.3) is 0 Å². The van der Waals surface area contributed by atoms with Gasteiger partial charge < -0.3 is 19.8 Å². The third-order valence-corrected chi connectivity index (χ3v) is 6.01. The predicted molar refractivity (Wildman–Crippen MR) is 118 cm³/mol. The molecule has 1 amide bonds. The standard InChI is InChI=1S/C20H27N3O5S2/c1-4-10-27-17-9-8-14(12-18(17)30(25,26)23-20(29)21-3)13-19(24)22-15(5-2)16-7-6-11-28-16/h6-9,11-12,15H,4-5,10,13H2,1-3H3,(H,22,24)(H2,21,23,29). The smallest absolute Gasteiger partial charge is 0.267 e. The summed E-state index contributed by atoms with van der Waals surface area (Å²) in [6.07, 6.45) is 2.94. The summed E-state index contributed by atoms with van der Waals surface area (Å²) in [5.41, 5.74) is 0.529. The van der Waals surface area contributed by atoms with Crippen LogP contribution in [0.3, 0.4) is 0 Å². The first-order valence-corrected chi connectivity index (χ1v) is 11.5. The van der Waals surface area contributed by atoms with Gasteiger partial charge in [-0.05, 0) is 54.9 Å². The average Bonchev–Trinajstić information content (AvgIpc) is 3.25. The number of furan rings is 1. The van der Waals surface area contributed by atoms with E-state index in [-0.39, 0.29) is 34.1 Å². The fraction of sp³-hybridized carbons (Fsp3) is 0.400. The van der Waals surface area contributed by atoms with E-state index in [0.29, 0.717) is 24.4 Å². The highest BCUT2D eigenvalue weighted by Gasteiger charge is 2.23. The van der Waals surface area contributed by atoms with Crippen LogP contribution in [0.2, 0.25) is 0 Å². The van der Waals surface area contributed by atoms with Gasteiger partial charge in [0.15, 0.2) is 5.11 Å². The van der Waals surface area contributed by atoms with Crippen LogP contribution in [0, 0.1) is 0 Å². The first-order valence-electron chi connectivity index (χ1n) is 9.63. The Labute approximate surface area is 182 Å². The molecule has 1 atom stereocenters. The second-order valence-corrected chi connectivity index (χ2v) is 8.59. The summed E-state index contributed by atoms with van der Waals surface area (Å²) in [7, 11) is -2.46. The van der Waals surface area contributed by atoms with E-state index in [9.17, 15) is 13.2 Å². The summed E-state index contributed by atoms with van der Waals surface area (Å²) in [5, 5.41) is 5.44. The average molecular weight is 454 g/mol. The molecule has 2 rings (SSSR count). The van der Waals surface area contributed by atoms with Crippen molar-refractivity contribution >= 4 is 33.3 Å². The molecule has 1 unspecified atom stereocenters. The van der Waals surface area contributed by atoms with Crippen molar-refractivity contribution in [3.8, 4) is 5.75 Å². The van der Waals surface area contributed by atoms with Crippen LogP contribution in [0.1, 0.15) is 44.1 Å². The number of carbonyl (C=O) groups is 1. The van der Waals surface area contributed by atoms with Crippen molar-refractivity contribution in [1.82, 2.24) is 15.4 Å². The molecule has 0 aliphatic carbocycles. The van der Waals surface area contributed by atoms with Gasteiger partial charge >= 0.3 is 0 Å². The maximum atomic E-state index is 12.8. The number of rotatable bonds is 10. The topological polar surface area (TPSA) is 110 Å². The minimum atomic E-state index is -3.98. The molecule has 10 heteroatoms. The molecule has 0 saturated heterocycles. The molecule has 0 bridgehead atoms. The Hall–Kier alpha value is -2.59. The van der Waals surface area contributed by atoms with Gasteiger partial charge in [0.2, 0.25) is 5.91 Å². The number of benzene rings is 1. The Morgan fingerprint density at radius 1 is 1.27 bits per heavy atom. The van der Waals surface area contributed by atoms with Crippen LogP contribution in [0.15, 0.2) is 45.9 Å². The number of thiocarbonyl (C=S) groups is 1. The minimum Gasteiger partial charge on any atom is -0.492 e. The lowest BCUT2D eigenvalue weighted by molar-refractivity contribution is -0.121. The first kappa shape index (κ1) is 23.7. The van der Waals surface area contributed by atoms with E-state index in [2.05, 4.69) is 15.4 Å². The number of hydrogen-bond acceptors (Lipinski definition) is 6. The maximum Gasteiger partial charge on any atom is 0.267 e. The summed E-state index contributed by atoms with van der Waals surface area (Å²) in [6, 6.07) is 7.97. The van der Waals surface area contributed by atoms with Crippen LogP contribution in [0.4, 0.5) is 0 Å². The van der Waals surface area contributed by atoms with Gasteiger partial charge in [0.05, 0.1) is 25.3 Å². The second-order valence-electron chi connectivity index (χ2n) is 6.53. The molecule has 2 aromatic rings. The van der Waals surface area contributed by atoms with Gasteiger partial charge in [-0.1, -0.05) is 19.9 Å². The molecule has 0 spiro atoms. The van der Waals surface area contributed by atoms with E-state index >= 15 is 0 Å². The molecule has 30 heavy (non-hydrogen) atoms. The van der Waals surface area contributed by atoms with E-state index in [1.54, 1.807) is 30.5 Å². The lowest BCUT2D eigenvalue weighted by Crippen LogP contribution is -2.37. The van der Waals surface area contributed by atoms with Crippen LogP contribution in [-0.4, -0.2) is 33.1 Å². The number of nitrogens with one attached hydrogen (secondary N) is 3. The van der Waals surface area contributed by atoms with Crippen LogP contribution < -0.4 is 20.1 Å². The fourth-order valence-corrected chi connectivity index (χ4v) is 4.21. The van der Waals surface area contributed by atoms with Crippen molar-refractivity contribution in [3.63, 3.8) is 0 Å².